The van der Waals surface area contributed by atoms with Crippen LogP contribution < -0.4 is 5.43 Å². The quantitative estimate of drug-likeness (QED) is 0.764. The van der Waals surface area contributed by atoms with E-state index in [1.165, 1.54) is 17.8 Å². The lowest BCUT2D eigenvalue weighted by atomic mass is 10.4. The second-order valence-electron chi connectivity index (χ2n) is 2.56. The molecule has 0 fully saturated rings. The number of thioether (sulfide) groups is 1. The summed E-state index contributed by atoms with van der Waals surface area (Å²) >= 11 is 1.51. The van der Waals surface area contributed by atoms with Crippen molar-refractivity contribution in [3.63, 3.8) is 0 Å². The van der Waals surface area contributed by atoms with E-state index in [1.54, 1.807) is 0 Å². The molecule has 0 bridgehead atoms. The second-order valence-corrected chi connectivity index (χ2v) is 3.66. The average molecular weight is 211 g/mol. The molecule has 1 rings (SSSR count). The number of rotatable bonds is 4. The third-order valence-corrected chi connectivity index (χ3v) is 2.45. The van der Waals surface area contributed by atoms with Crippen molar-refractivity contribution in [2.24, 2.45) is 0 Å². The largest absolute Gasteiger partial charge is 0.502 e. The summed E-state index contributed by atoms with van der Waals surface area (Å²) in [5.41, 5.74) is -0.438. The van der Waals surface area contributed by atoms with Crippen molar-refractivity contribution < 1.29 is 9.52 Å². The molecule has 0 amide bonds. The van der Waals surface area contributed by atoms with Gasteiger partial charge < -0.3 is 9.52 Å². The molecule has 5 heteroatoms. The molecule has 1 aromatic heterocycles. The highest BCUT2D eigenvalue weighted by atomic mass is 32.2. The summed E-state index contributed by atoms with van der Waals surface area (Å²) in [5, 5.41) is 17.2. The third-order valence-electron chi connectivity index (χ3n) is 1.47. The molecular formula is C9H9NO3S. The van der Waals surface area contributed by atoms with Crippen LogP contribution in [0.3, 0.4) is 0 Å². The van der Waals surface area contributed by atoms with Crippen LogP contribution >= 0.6 is 11.8 Å². The van der Waals surface area contributed by atoms with Crippen molar-refractivity contribution in [3.05, 3.63) is 28.3 Å². The van der Waals surface area contributed by atoms with E-state index in [9.17, 15) is 4.79 Å². The highest BCUT2D eigenvalue weighted by molar-refractivity contribution is 7.98. The summed E-state index contributed by atoms with van der Waals surface area (Å²) in [5.74, 6) is 1.38. The Balaban J connectivity index is 2.49. The van der Waals surface area contributed by atoms with E-state index in [2.05, 4.69) is 0 Å². The zero-order chi connectivity index (χ0) is 10.4. The molecule has 0 saturated heterocycles. The lowest BCUT2D eigenvalue weighted by molar-refractivity contribution is 0.419. The normalized spacial score (nSPS) is 9.64. The van der Waals surface area contributed by atoms with Crippen LogP contribution in [0, 0.1) is 11.3 Å². The van der Waals surface area contributed by atoms with Gasteiger partial charge >= 0.3 is 0 Å². The Bertz CT molecular complexity index is 394. The molecule has 14 heavy (non-hydrogen) atoms. The van der Waals surface area contributed by atoms with Crippen molar-refractivity contribution in [1.82, 2.24) is 0 Å². The summed E-state index contributed by atoms with van der Waals surface area (Å²) in [6.45, 7) is 0. The van der Waals surface area contributed by atoms with Crippen molar-refractivity contribution in [1.29, 1.82) is 5.26 Å². The maximum Gasteiger partial charge on any atom is 0.226 e. The Kier molecular flexibility index (Phi) is 4.08. The van der Waals surface area contributed by atoms with Gasteiger partial charge in [0.25, 0.3) is 0 Å². The Morgan fingerprint density at radius 1 is 1.64 bits per heavy atom. The first-order valence-electron chi connectivity index (χ1n) is 3.99. The summed E-state index contributed by atoms with van der Waals surface area (Å²) in [7, 11) is 0. The maximum atomic E-state index is 11.0. The molecule has 4 nitrogen and oxygen atoms in total. The summed E-state index contributed by atoms with van der Waals surface area (Å²) in [6, 6.07) is 3.28. The predicted molar refractivity (Wildman–Crippen MR) is 53.0 cm³/mol. The Morgan fingerprint density at radius 3 is 3.07 bits per heavy atom. The Labute approximate surface area is 85.2 Å². The zero-order valence-electron chi connectivity index (χ0n) is 7.40. The standard InChI is InChI=1S/C9H9NO3S/c10-2-1-3-14-6-7-4-8(11)9(12)5-13-7/h4-5,12H,1,3,6H2. The minimum Gasteiger partial charge on any atom is -0.502 e. The summed E-state index contributed by atoms with van der Waals surface area (Å²) in [6.07, 6.45) is 1.51. The molecule has 0 unspecified atom stereocenters. The van der Waals surface area contributed by atoms with Gasteiger partial charge in [-0.15, -0.1) is 0 Å². The van der Waals surface area contributed by atoms with E-state index in [0.29, 0.717) is 23.7 Å². The molecule has 1 N–H and O–H groups in total. The van der Waals surface area contributed by atoms with Crippen LogP contribution in [0.1, 0.15) is 12.2 Å². The highest BCUT2D eigenvalue weighted by Crippen LogP contribution is 2.12. The van der Waals surface area contributed by atoms with E-state index in [4.69, 9.17) is 14.8 Å². The first-order valence-corrected chi connectivity index (χ1v) is 5.15. The number of aromatic hydroxyl groups is 1. The lowest BCUT2D eigenvalue weighted by Gasteiger charge is -1.98. The molecule has 1 heterocycles. The minimum atomic E-state index is -0.438. The molecule has 0 aromatic carbocycles. The smallest absolute Gasteiger partial charge is 0.226 e. The van der Waals surface area contributed by atoms with E-state index >= 15 is 0 Å². The Hall–Kier alpha value is -1.41. The fourth-order valence-corrected chi connectivity index (χ4v) is 1.54. The Morgan fingerprint density at radius 2 is 2.43 bits per heavy atom. The van der Waals surface area contributed by atoms with Gasteiger partial charge in [-0.2, -0.15) is 17.0 Å². The molecule has 1 aromatic rings. The lowest BCUT2D eigenvalue weighted by Crippen LogP contribution is -1.99. The van der Waals surface area contributed by atoms with Crippen molar-refractivity contribution in [3.8, 4) is 11.8 Å². The fourth-order valence-electron chi connectivity index (χ4n) is 0.810. The van der Waals surface area contributed by atoms with E-state index < -0.39 is 5.43 Å². The van der Waals surface area contributed by atoms with Crippen LogP contribution in [0.15, 0.2) is 21.5 Å². The first-order chi connectivity index (χ1) is 6.74. The fraction of sp³-hybridized carbons (Fsp3) is 0.333. The minimum absolute atomic E-state index is 0.379. The topological polar surface area (TPSA) is 74.2 Å². The molecule has 0 aliphatic carbocycles. The van der Waals surface area contributed by atoms with E-state index in [0.717, 1.165) is 6.26 Å². The van der Waals surface area contributed by atoms with Crippen LogP contribution in [0.4, 0.5) is 0 Å². The molecule has 0 spiro atoms. The van der Waals surface area contributed by atoms with Crippen molar-refractivity contribution in [2.75, 3.05) is 5.75 Å². The van der Waals surface area contributed by atoms with Gasteiger partial charge in [0.2, 0.25) is 5.43 Å². The van der Waals surface area contributed by atoms with Crippen LogP contribution in [0.25, 0.3) is 0 Å². The number of hydrogen-bond acceptors (Lipinski definition) is 5. The van der Waals surface area contributed by atoms with Gasteiger partial charge in [0.15, 0.2) is 5.75 Å². The zero-order valence-corrected chi connectivity index (χ0v) is 8.21. The van der Waals surface area contributed by atoms with Gasteiger partial charge in [-0.3, -0.25) is 4.79 Å². The number of nitriles is 1. The van der Waals surface area contributed by atoms with Gasteiger partial charge in [0, 0.05) is 18.2 Å². The van der Waals surface area contributed by atoms with Gasteiger partial charge in [-0.1, -0.05) is 0 Å². The van der Waals surface area contributed by atoms with Gasteiger partial charge in [-0.25, -0.2) is 0 Å². The SMILES string of the molecule is N#CCCSCc1cc(=O)c(O)co1. The molecule has 0 atom stereocenters. The molecular weight excluding hydrogens is 202 g/mol. The van der Waals surface area contributed by atoms with Gasteiger partial charge in [0.05, 0.1) is 11.8 Å². The maximum absolute atomic E-state index is 11.0. The second kappa shape index (κ2) is 5.35. The highest BCUT2D eigenvalue weighted by Gasteiger charge is 2.01. The van der Waals surface area contributed by atoms with Crippen LogP contribution in [0.2, 0.25) is 0 Å². The van der Waals surface area contributed by atoms with Crippen LogP contribution in [-0.2, 0) is 5.75 Å². The van der Waals surface area contributed by atoms with Crippen molar-refractivity contribution in [2.45, 2.75) is 12.2 Å². The van der Waals surface area contributed by atoms with Gasteiger partial charge in [0.1, 0.15) is 12.0 Å². The molecule has 0 radical (unpaired) electrons. The molecule has 74 valence electrons. The molecule has 0 saturated carbocycles. The summed E-state index contributed by atoms with van der Waals surface area (Å²) in [4.78, 5) is 11.0. The number of nitrogens with zero attached hydrogens (tertiary/aromatic N) is 1. The van der Waals surface area contributed by atoms with Crippen LogP contribution in [-0.4, -0.2) is 10.9 Å². The van der Waals surface area contributed by atoms with Gasteiger partial charge in [-0.05, 0) is 0 Å². The van der Waals surface area contributed by atoms with E-state index in [1.807, 2.05) is 6.07 Å². The average Bonchev–Trinajstić information content (AvgIpc) is 2.18. The monoisotopic (exact) mass is 211 g/mol. The third kappa shape index (κ3) is 3.15. The number of hydrogen-bond donors (Lipinski definition) is 1. The molecule has 0 aliphatic rings. The van der Waals surface area contributed by atoms with Crippen LogP contribution in [0.5, 0.6) is 5.75 Å². The summed E-state index contributed by atoms with van der Waals surface area (Å²) < 4.78 is 4.97. The van der Waals surface area contributed by atoms with Crippen molar-refractivity contribution >= 4 is 11.8 Å². The predicted octanol–water partition coefficient (Wildman–Crippen LogP) is 1.49. The molecule has 0 aliphatic heterocycles. The van der Waals surface area contributed by atoms with E-state index in [-0.39, 0.29) is 5.75 Å². The first kappa shape index (κ1) is 10.7.